The summed E-state index contributed by atoms with van der Waals surface area (Å²) in [6.45, 7) is 4.23. The fourth-order valence-corrected chi connectivity index (χ4v) is 4.36. The second kappa shape index (κ2) is 10.2. The van der Waals surface area contributed by atoms with Crippen LogP contribution in [0.3, 0.4) is 0 Å². The Morgan fingerprint density at radius 2 is 1.72 bits per heavy atom. The van der Waals surface area contributed by atoms with Crippen molar-refractivity contribution in [1.82, 2.24) is 5.32 Å². The summed E-state index contributed by atoms with van der Waals surface area (Å²) in [5.74, 6) is -0.355. The van der Waals surface area contributed by atoms with E-state index in [1.807, 2.05) is 54.6 Å². The molecule has 2 N–H and O–H groups in total. The van der Waals surface area contributed by atoms with E-state index in [1.165, 1.54) is 16.9 Å². The van der Waals surface area contributed by atoms with Gasteiger partial charge in [0.15, 0.2) is 5.11 Å². The number of hydrogen-bond acceptors (Lipinski definition) is 4. The first kappa shape index (κ1) is 21.0. The van der Waals surface area contributed by atoms with E-state index in [2.05, 4.69) is 29.7 Å². The lowest BCUT2D eigenvalue weighted by atomic mass is 10.1. The quantitative estimate of drug-likeness (QED) is 0.358. The van der Waals surface area contributed by atoms with Crippen LogP contribution in [0.15, 0.2) is 66.7 Å². The van der Waals surface area contributed by atoms with Crippen molar-refractivity contribution in [3.63, 3.8) is 0 Å². The number of carbonyl (C=O) groups excluding carboxylic acids is 1. The number of rotatable bonds is 7. The molecule has 1 atom stereocenters. The molecule has 0 saturated carbocycles. The van der Waals surface area contributed by atoms with E-state index in [4.69, 9.17) is 17.0 Å². The molecule has 4 nitrogen and oxygen atoms in total. The third-order valence-electron chi connectivity index (χ3n) is 4.43. The topological polar surface area (TPSA) is 50.4 Å². The van der Waals surface area contributed by atoms with E-state index in [-0.39, 0.29) is 12.0 Å². The van der Waals surface area contributed by atoms with E-state index in [9.17, 15) is 4.79 Å². The fraction of sp³-hybridized carbons (Fsp3) is 0.217. The first-order chi connectivity index (χ1) is 14.1. The van der Waals surface area contributed by atoms with Gasteiger partial charge in [-0.05, 0) is 42.8 Å². The number of hydrogen-bond donors (Lipinski definition) is 2. The van der Waals surface area contributed by atoms with Crippen molar-refractivity contribution in [3.05, 3.63) is 77.9 Å². The van der Waals surface area contributed by atoms with Gasteiger partial charge in [0, 0.05) is 4.88 Å². The molecule has 29 heavy (non-hydrogen) atoms. The molecule has 0 aliphatic rings. The largest absolute Gasteiger partial charge is 0.462 e. The van der Waals surface area contributed by atoms with Gasteiger partial charge >= 0.3 is 5.97 Å². The van der Waals surface area contributed by atoms with Crippen LogP contribution < -0.4 is 10.6 Å². The molecule has 1 aromatic heterocycles. The molecular formula is C23H24N2O2S2. The number of thiophene rings is 1. The summed E-state index contributed by atoms with van der Waals surface area (Å²) in [6, 6.07) is 22.1. The summed E-state index contributed by atoms with van der Waals surface area (Å²) in [5, 5.41) is 7.73. The molecule has 0 aliphatic heterocycles. The second-order valence-corrected chi connectivity index (χ2v) is 7.87. The molecule has 0 spiro atoms. The maximum absolute atomic E-state index is 12.5. The lowest BCUT2D eigenvalue weighted by Crippen LogP contribution is -2.32. The standard InChI is InChI=1S/C23H24N2O2S2/c1-3-19(16-11-7-5-8-12-16)24-23(28)25-21-18(22(26)27-4-2)15-20(29-21)17-13-9-6-10-14-17/h5-15,19H,3-4H2,1-2H3,(H2,24,25,28). The van der Waals surface area contributed by atoms with Gasteiger partial charge in [-0.2, -0.15) is 0 Å². The Bertz CT molecular complexity index is 956. The SMILES string of the molecule is CCOC(=O)c1cc(-c2ccccc2)sc1NC(=S)NC(CC)c1ccccc1. The molecule has 0 amide bonds. The summed E-state index contributed by atoms with van der Waals surface area (Å²) in [5.41, 5.74) is 2.71. The number of ether oxygens (including phenoxy) is 1. The monoisotopic (exact) mass is 424 g/mol. The summed E-state index contributed by atoms with van der Waals surface area (Å²) in [6.07, 6.45) is 0.885. The Balaban J connectivity index is 1.82. The molecule has 6 heteroatoms. The highest BCUT2D eigenvalue weighted by atomic mass is 32.1. The van der Waals surface area contributed by atoms with Crippen molar-refractivity contribution in [3.8, 4) is 10.4 Å². The normalized spacial score (nSPS) is 11.5. The molecule has 0 fully saturated rings. The van der Waals surface area contributed by atoms with Crippen LogP contribution >= 0.6 is 23.6 Å². The van der Waals surface area contributed by atoms with Gasteiger partial charge in [-0.25, -0.2) is 4.79 Å². The Morgan fingerprint density at radius 3 is 2.34 bits per heavy atom. The number of nitrogens with one attached hydrogen (secondary N) is 2. The van der Waals surface area contributed by atoms with Gasteiger partial charge in [-0.15, -0.1) is 11.3 Å². The highest BCUT2D eigenvalue weighted by molar-refractivity contribution is 7.80. The van der Waals surface area contributed by atoms with Crippen molar-refractivity contribution >= 4 is 39.6 Å². The molecule has 0 bridgehead atoms. The third-order valence-corrected chi connectivity index (χ3v) is 5.75. The Morgan fingerprint density at radius 1 is 1.07 bits per heavy atom. The second-order valence-electron chi connectivity index (χ2n) is 6.41. The molecule has 3 aromatic rings. The predicted molar refractivity (Wildman–Crippen MR) is 125 cm³/mol. The van der Waals surface area contributed by atoms with Crippen LogP contribution in [0.25, 0.3) is 10.4 Å². The van der Waals surface area contributed by atoms with Crippen molar-refractivity contribution in [2.75, 3.05) is 11.9 Å². The van der Waals surface area contributed by atoms with Gasteiger partial charge in [0.1, 0.15) is 5.00 Å². The number of benzene rings is 2. The van der Waals surface area contributed by atoms with Crippen LogP contribution in [0.5, 0.6) is 0 Å². The van der Waals surface area contributed by atoms with E-state index in [0.29, 0.717) is 22.3 Å². The molecule has 0 radical (unpaired) electrons. The van der Waals surface area contributed by atoms with Crippen LogP contribution in [-0.4, -0.2) is 17.7 Å². The number of anilines is 1. The number of carbonyl (C=O) groups is 1. The van der Waals surface area contributed by atoms with Gasteiger partial charge in [0.05, 0.1) is 18.2 Å². The van der Waals surface area contributed by atoms with Gasteiger partial charge in [-0.1, -0.05) is 67.6 Å². The van der Waals surface area contributed by atoms with Crippen molar-refractivity contribution in [2.45, 2.75) is 26.3 Å². The summed E-state index contributed by atoms with van der Waals surface area (Å²) in [4.78, 5) is 13.5. The van der Waals surface area contributed by atoms with Crippen LogP contribution in [0.4, 0.5) is 5.00 Å². The van der Waals surface area contributed by atoms with Gasteiger partial charge < -0.3 is 15.4 Å². The summed E-state index contributed by atoms with van der Waals surface area (Å²) < 4.78 is 5.24. The molecule has 0 aliphatic carbocycles. The Kier molecular flexibility index (Phi) is 7.38. The zero-order valence-electron chi connectivity index (χ0n) is 16.5. The molecule has 1 heterocycles. The van der Waals surface area contributed by atoms with Crippen molar-refractivity contribution < 1.29 is 9.53 Å². The molecule has 2 aromatic carbocycles. The minimum absolute atomic E-state index is 0.0933. The maximum atomic E-state index is 12.5. The van der Waals surface area contributed by atoms with E-state index in [1.54, 1.807) is 6.92 Å². The zero-order valence-corrected chi connectivity index (χ0v) is 18.1. The van der Waals surface area contributed by atoms with Gasteiger partial charge in [-0.3, -0.25) is 0 Å². The van der Waals surface area contributed by atoms with Crippen molar-refractivity contribution in [1.29, 1.82) is 0 Å². The Hall–Kier alpha value is -2.70. The van der Waals surface area contributed by atoms with E-state index < -0.39 is 0 Å². The zero-order chi connectivity index (χ0) is 20.6. The van der Waals surface area contributed by atoms with Gasteiger partial charge in [0.25, 0.3) is 0 Å². The van der Waals surface area contributed by atoms with E-state index >= 15 is 0 Å². The fourth-order valence-electron chi connectivity index (χ4n) is 2.99. The molecule has 0 saturated heterocycles. The van der Waals surface area contributed by atoms with Gasteiger partial charge in [0.2, 0.25) is 0 Å². The number of thiocarbonyl (C=S) groups is 1. The third kappa shape index (κ3) is 5.43. The first-order valence-corrected chi connectivity index (χ1v) is 10.8. The smallest absolute Gasteiger partial charge is 0.341 e. The van der Waals surface area contributed by atoms with E-state index in [0.717, 1.165) is 16.9 Å². The average molecular weight is 425 g/mol. The maximum Gasteiger partial charge on any atom is 0.341 e. The highest BCUT2D eigenvalue weighted by Gasteiger charge is 2.20. The van der Waals surface area contributed by atoms with Crippen LogP contribution in [0.2, 0.25) is 0 Å². The minimum atomic E-state index is -0.355. The number of esters is 1. The lowest BCUT2D eigenvalue weighted by Gasteiger charge is -2.20. The highest BCUT2D eigenvalue weighted by Crippen LogP contribution is 2.36. The van der Waals surface area contributed by atoms with Crippen LogP contribution in [0, 0.1) is 0 Å². The molecular weight excluding hydrogens is 400 g/mol. The molecule has 1 unspecified atom stereocenters. The molecule has 3 rings (SSSR count). The molecule has 150 valence electrons. The Labute approximate surface area is 180 Å². The summed E-state index contributed by atoms with van der Waals surface area (Å²) >= 11 is 7.03. The average Bonchev–Trinajstić information content (AvgIpc) is 3.17. The summed E-state index contributed by atoms with van der Waals surface area (Å²) in [7, 11) is 0. The first-order valence-electron chi connectivity index (χ1n) is 9.61. The lowest BCUT2D eigenvalue weighted by molar-refractivity contribution is 0.0528. The minimum Gasteiger partial charge on any atom is -0.462 e. The van der Waals surface area contributed by atoms with Crippen molar-refractivity contribution in [2.24, 2.45) is 0 Å². The predicted octanol–water partition coefficient (Wildman–Crippen LogP) is 6.03. The van der Waals surface area contributed by atoms with Crippen LogP contribution in [-0.2, 0) is 4.74 Å². The van der Waals surface area contributed by atoms with Crippen LogP contribution in [0.1, 0.15) is 42.2 Å².